The van der Waals surface area contributed by atoms with E-state index in [9.17, 15) is 14.4 Å². The van der Waals surface area contributed by atoms with Gasteiger partial charge in [0.05, 0.1) is 0 Å². The highest BCUT2D eigenvalue weighted by Crippen LogP contribution is 2.34. The molecule has 0 aliphatic carbocycles. The summed E-state index contributed by atoms with van der Waals surface area (Å²) in [6, 6.07) is 5.55. The van der Waals surface area contributed by atoms with Gasteiger partial charge in [-0.1, -0.05) is 18.6 Å². The van der Waals surface area contributed by atoms with Crippen molar-refractivity contribution in [2.75, 3.05) is 19.6 Å². The minimum Gasteiger partial charge on any atom is -0.322 e. The molecule has 3 fully saturated rings. The number of benzene rings is 1. The SMILES string of the molecule is O=C1CCC(N2Cc3cc(CN4CCCCC45CNC5)ccc3C2=O)C(=O)N1. The van der Waals surface area contributed by atoms with Crippen LogP contribution in [0, 0.1) is 0 Å². The Labute approximate surface area is 164 Å². The van der Waals surface area contributed by atoms with Gasteiger partial charge in [-0.25, -0.2) is 0 Å². The lowest BCUT2D eigenvalue weighted by Crippen LogP contribution is -2.69. The van der Waals surface area contributed by atoms with Crippen molar-refractivity contribution >= 4 is 17.7 Å². The molecule has 0 saturated carbocycles. The molecule has 1 aromatic carbocycles. The quantitative estimate of drug-likeness (QED) is 0.755. The maximum atomic E-state index is 12.8. The van der Waals surface area contributed by atoms with Crippen molar-refractivity contribution in [2.45, 2.75) is 56.8 Å². The molecule has 3 saturated heterocycles. The average Bonchev–Trinajstić information content (AvgIpc) is 2.97. The first-order valence-electron chi connectivity index (χ1n) is 10.3. The fourth-order valence-corrected chi connectivity index (χ4v) is 5.16. The van der Waals surface area contributed by atoms with Crippen LogP contribution in [0.4, 0.5) is 0 Å². The van der Waals surface area contributed by atoms with E-state index in [4.69, 9.17) is 0 Å². The van der Waals surface area contributed by atoms with E-state index in [2.05, 4.69) is 27.7 Å². The van der Waals surface area contributed by atoms with Crippen LogP contribution in [0.5, 0.6) is 0 Å². The van der Waals surface area contributed by atoms with Gasteiger partial charge in [0.25, 0.3) is 5.91 Å². The van der Waals surface area contributed by atoms with Gasteiger partial charge in [-0.2, -0.15) is 0 Å². The maximum absolute atomic E-state index is 12.8. The van der Waals surface area contributed by atoms with Gasteiger partial charge in [0, 0.05) is 43.7 Å². The molecule has 1 spiro atoms. The van der Waals surface area contributed by atoms with Gasteiger partial charge in [-0.15, -0.1) is 0 Å². The Hall–Kier alpha value is -2.25. The van der Waals surface area contributed by atoms with E-state index in [1.54, 1.807) is 4.90 Å². The van der Waals surface area contributed by atoms with Gasteiger partial charge in [-0.05, 0) is 43.0 Å². The van der Waals surface area contributed by atoms with E-state index in [0.29, 0.717) is 24.1 Å². The lowest BCUT2D eigenvalue weighted by Gasteiger charge is -2.53. The van der Waals surface area contributed by atoms with Gasteiger partial charge in [-0.3, -0.25) is 24.6 Å². The summed E-state index contributed by atoms with van der Waals surface area (Å²) in [7, 11) is 0. The molecule has 148 valence electrons. The van der Waals surface area contributed by atoms with Gasteiger partial charge < -0.3 is 10.2 Å². The predicted molar refractivity (Wildman–Crippen MR) is 102 cm³/mol. The van der Waals surface area contributed by atoms with E-state index < -0.39 is 6.04 Å². The summed E-state index contributed by atoms with van der Waals surface area (Å²) < 4.78 is 0. The van der Waals surface area contributed by atoms with Gasteiger partial charge in [0.2, 0.25) is 11.8 Å². The molecule has 28 heavy (non-hydrogen) atoms. The number of carbonyl (C=O) groups excluding carboxylic acids is 3. The Balaban J connectivity index is 1.33. The van der Waals surface area contributed by atoms with Crippen LogP contribution in [-0.4, -0.2) is 58.7 Å². The smallest absolute Gasteiger partial charge is 0.255 e. The zero-order chi connectivity index (χ0) is 19.3. The van der Waals surface area contributed by atoms with E-state index in [1.807, 2.05) is 6.07 Å². The van der Waals surface area contributed by atoms with E-state index >= 15 is 0 Å². The standard InChI is InChI=1S/C21H26N4O3/c26-18-6-5-17(19(27)23-18)25-11-15-9-14(3-4-16(15)20(25)28)10-24-8-2-1-7-21(24)12-22-13-21/h3-4,9,17,22H,1-2,5-8,10-13H2,(H,23,26,27). The number of imide groups is 1. The van der Waals surface area contributed by atoms with E-state index in [-0.39, 0.29) is 24.1 Å². The van der Waals surface area contributed by atoms with Crippen molar-refractivity contribution in [2.24, 2.45) is 0 Å². The molecule has 5 rings (SSSR count). The Morgan fingerprint density at radius 3 is 2.75 bits per heavy atom. The lowest BCUT2D eigenvalue weighted by molar-refractivity contribution is -0.136. The molecule has 2 N–H and O–H groups in total. The molecular formula is C21H26N4O3. The fourth-order valence-electron chi connectivity index (χ4n) is 5.16. The number of fused-ring (bicyclic) bond motifs is 1. The van der Waals surface area contributed by atoms with Crippen LogP contribution >= 0.6 is 0 Å². The van der Waals surface area contributed by atoms with Crippen molar-refractivity contribution in [1.29, 1.82) is 0 Å². The highest BCUT2D eigenvalue weighted by Gasteiger charge is 2.44. The molecule has 0 aromatic heterocycles. The molecule has 4 aliphatic heterocycles. The second-order valence-corrected chi connectivity index (χ2v) is 8.60. The van der Waals surface area contributed by atoms with Crippen molar-refractivity contribution in [3.8, 4) is 0 Å². The number of carbonyl (C=O) groups is 3. The van der Waals surface area contributed by atoms with Crippen molar-refractivity contribution < 1.29 is 14.4 Å². The highest BCUT2D eigenvalue weighted by molar-refractivity contribution is 6.05. The Morgan fingerprint density at radius 1 is 1.14 bits per heavy atom. The molecule has 4 heterocycles. The van der Waals surface area contributed by atoms with E-state index in [0.717, 1.165) is 31.7 Å². The molecule has 0 radical (unpaired) electrons. The van der Waals surface area contributed by atoms with Crippen LogP contribution in [0.15, 0.2) is 18.2 Å². The normalized spacial score (nSPS) is 26.9. The van der Waals surface area contributed by atoms with Crippen LogP contribution in [0.25, 0.3) is 0 Å². The number of piperidine rings is 2. The number of likely N-dealkylation sites (tertiary alicyclic amines) is 1. The number of hydrogen-bond donors (Lipinski definition) is 2. The first kappa shape index (κ1) is 17.8. The zero-order valence-electron chi connectivity index (χ0n) is 16.0. The van der Waals surface area contributed by atoms with Crippen molar-refractivity contribution in [3.05, 3.63) is 34.9 Å². The average molecular weight is 382 g/mol. The van der Waals surface area contributed by atoms with Crippen molar-refractivity contribution in [3.63, 3.8) is 0 Å². The molecule has 1 atom stereocenters. The molecule has 7 nitrogen and oxygen atoms in total. The first-order valence-corrected chi connectivity index (χ1v) is 10.3. The highest BCUT2D eigenvalue weighted by atomic mass is 16.2. The molecule has 3 amide bonds. The van der Waals surface area contributed by atoms with Gasteiger partial charge >= 0.3 is 0 Å². The van der Waals surface area contributed by atoms with Crippen LogP contribution in [0.3, 0.4) is 0 Å². The molecule has 7 heteroatoms. The summed E-state index contributed by atoms with van der Waals surface area (Å²) in [5.74, 6) is -0.715. The Kier molecular flexibility index (Phi) is 4.25. The predicted octanol–water partition coefficient (Wildman–Crippen LogP) is 0.776. The molecular weight excluding hydrogens is 356 g/mol. The van der Waals surface area contributed by atoms with Gasteiger partial charge in [0.1, 0.15) is 6.04 Å². The van der Waals surface area contributed by atoms with Crippen molar-refractivity contribution in [1.82, 2.24) is 20.4 Å². The minimum atomic E-state index is -0.549. The van der Waals surface area contributed by atoms with E-state index in [1.165, 1.54) is 24.8 Å². The number of hydrogen-bond acceptors (Lipinski definition) is 5. The summed E-state index contributed by atoms with van der Waals surface area (Å²) in [5, 5.41) is 5.79. The number of amides is 3. The lowest BCUT2D eigenvalue weighted by atomic mass is 9.81. The number of nitrogens with zero attached hydrogens (tertiary/aromatic N) is 2. The molecule has 4 aliphatic rings. The molecule has 0 bridgehead atoms. The van der Waals surface area contributed by atoms with Crippen LogP contribution in [-0.2, 0) is 22.7 Å². The van der Waals surface area contributed by atoms with Crippen LogP contribution in [0.2, 0.25) is 0 Å². The second kappa shape index (κ2) is 6.67. The summed E-state index contributed by atoms with van der Waals surface area (Å²) in [6.07, 6.45) is 4.49. The number of nitrogens with one attached hydrogen (secondary N) is 2. The topological polar surface area (TPSA) is 81.8 Å². The third-order valence-corrected chi connectivity index (χ3v) is 6.86. The van der Waals surface area contributed by atoms with Crippen LogP contribution < -0.4 is 10.6 Å². The molecule has 1 aromatic rings. The largest absolute Gasteiger partial charge is 0.322 e. The van der Waals surface area contributed by atoms with Crippen LogP contribution in [0.1, 0.15) is 53.6 Å². The fraction of sp³-hybridized carbons (Fsp3) is 0.571. The summed E-state index contributed by atoms with van der Waals surface area (Å²) >= 11 is 0. The monoisotopic (exact) mass is 382 g/mol. The third-order valence-electron chi connectivity index (χ3n) is 6.86. The first-order chi connectivity index (χ1) is 13.6. The Morgan fingerprint density at radius 2 is 2.00 bits per heavy atom. The maximum Gasteiger partial charge on any atom is 0.255 e. The van der Waals surface area contributed by atoms with Gasteiger partial charge in [0.15, 0.2) is 0 Å². The summed E-state index contributed by atoms with van der Waals surface area (Å²) in [6.45, 7) is 4.61. The second-order valence-electron chi connectivity index (χ2n) is 8.60. The zero-order valence-corrected chi connectivity index (χ0v) is 16.0. The number of rotatable bonds is 3. The Bertz CT molecular complexity index is 848. The minimum absolute atomic E-state index is 0.103. The summed E-state index contributed by atoms with van der Waals surface area (Å²) in [5.41, 5.74) is 3.22. The third kappa shape index (κ3) is 2.84. The molecule has 1 unspecified atom stereocenters. The summed E-state index contributed by atoms with van der Waals surface area (Å²) in [4.78, 5) is 40.6.